The van der Waals surface area contributed by atoms with Gasteiger partial charge < -0.3 is 15.2 Å². The number of carbonyl (C=O) groups is 1. The zero-order valence-electron chi connectivity index (χ0n) is 16.3. The lowest BCUT2D eigenvalue weighted by Crippen LogP contribution is -2.43. The molecule has 2 heterocycles. The first-order valence-corrected chi connectivity index (χ1v) is 9.53. The van der Waals surface area contributed by atoms with E-state index in [1.54, 1.807) is 6.08 Å². The highest BCUT2D eigenvalue weighted by Crippen LogP contribution is 2.56. The minimum Gasteiger partial charge on any atom is -0.472 e. The van der Waals surface area contributed by atoms with E-state index in [0.29, 0.717) is 12.0 Å². The van der Waals surface area contributed by atoms with E-state index in [2.05, 4.69) is 21.5 Å². The smallest absolute Gasteiger partial charge is 0.283 e. The number of ketones is 1. The van der Waals surface area contributed by atoms with Gasteiger partial charge in [0.25, 0.3) is 12.4 Å². The van der Waals surface area contributed by atoms with Crippen molar-refractivity contribution >= 4 is 11.8 Å². The molecule has 1 aliphatic heterocycles. The standard InChI is InChI=1S/C21H19F3N4O3/c1-2-5-30-18-10-26-15(9-27-18)16(29)7-11-3-4-14(22)12(6-11)21(19(23)24)13-8-17(13)31-20(25)28-21/h2-4,6,9-10,13,17,19H,1,5,7-8H2,(H2,25,28)/t13-,17+,21+/m0/s1. The monoisotopic (exact) mass is 432 g/mol. The predicted octanol–water partition coefficient (Wildman–Crippen LogP) is 2.80. The van der Waals surface area contributed by atoms with Crippen LogP contribution in [-0.4, -0.2) is 40.9 Å². The molecule has 2 N–H and O–H groups in total. The molecule has 2 aromatic rings. The Morgan fingerprint density at radius 1 is 1.39 bits per heavy atom. The number of carbonyl (C=O) groups excluding carboxylic acids is 1. The molecule has 0 radical (unpaired) electrons. The molecule has 162 valence electrons. The minimum absolute atomic E-state index is 0.0657. The number of aliphatic imine (C=N–C) groups is 1. The third kappa shape index (κ3) is 3.85. The summed E-state index contributed by atoms with van der Waals surface area (Å²) in [6.45, 7) is 3.76. The molecule has 1 fully saturated rings. The first-order valence-electron chi connectivity index (χ1n) is 9.53. The number of nitrogens with zero attached hydrogens (tertiary/aromatic N) is 3. The van der Waals surface area contributed by atoms with Crippen LogP contribution in [0.4, 0.5) is 13.2 Å². The number of Topliss-reactive ketones (excluding diaryl/α,β-unsaturated/α-hetero) is 1. The summed E-state index contributed by atoms with van der Waals surface area (Å²) in [6, 6.07) is 3.26. The highest BCUT2D eigenvalue weighted by Gasteiger charge is 2.64. The van der Waals surface area contributed by atoms with Crippen molar-refractivity contribution in [2.45, 2.75) is 30.9 Å². The number of hydrogen-bond acceptors (Lipinski definition) is 7. The summed E-state index contributed by atoms with van der Waals surface area (Å²) >= 11 is 0. The van der Waals surface area contributed by atoms with Gasteiger partial charge in [-0.1, -0.05) is 18.7 Å². The molecule has 0 bridgehead atoms. The second kappa shape index (κ2) is 8.01. The summed E-state index contributed by atoms with van der Waals surface area (Å²) in [5, 5.41) is 0. The number of ether oxygens (including phenoxy) is 2. The molecule has 1 aliphatic carbocycles. The van der Waals surface area contributed by atoms with Gasteiger partial charge in [-0.3, -0.25) is 4.79 Å². The Labute approximate surface area is 175 Å². The lowest BCUT2D eigenvalue weighted by atomic mass is 9.83. The number of fused-ring (bicyclic) bond motifs is 1. The fraction of sp³-hybridized carbons (Fsp3) is 0.333. The summed E-state index contributed by atoms with van der Waals surface area (Å²) in [5.41, 5.74) is 3.54. The fourth-order valence-electron chi connectivity index (χ4n) is 3.74. The van der Waals surface area contributed by atoms with Gasteiger partial charge in [0.05, 0.1) is 12.4 Å². The van der Waals surface area contributed by atoms with E-state index in [0.717, 1.165) is 6.07 Å². The lowest BCUT2D eigenvalue weighted by Gasteiger charge is -2.33. The molecule has 1 aromatic carbocycles. The number of halogens is 3. The third-order valence-electron chi connectivity index (χ3n) is 5.29. The Hall–Kier alpha value is -3.43. The van der Waals surface area contributed by atoms with Gasteiger partial charge >= 0.3 is 0 Å². The Morgan fingerprint density at radius 2 is 2.19 bits per heavy atom. The van der Waals surface area contributed by atoms with Crippen molar-refractivity contribution in [1.82, 2.24) is 9.97 Å². The van der Waals surface area contributed by atoms with E-state index < -0.39 is 41.6 Å². The molecule has 31 heavy (non-hydrogen) atoms. The fourth-order valence-corrected chi connectivity index (χ4v) is 3.74. The SMILES string of the molecule is C=CCOc1cnc(C(=O)Cc2ccc(F)c([C@@]3(C(F)F)N=C(N)O[C@@H]4C[C@@H]43)c2)cn1. The molecule has 1 aromatic heterocycles. The summed E-state index contributed by atoms with van der Waals surface area (Å²) in [6.07, 6.45) is 0.687. The first-order chi connectivity index (χ1) is 14.8. The number of amidine groups is 1. The highest BCUT2D eigenvalue weighted by molar-refractivity contribution is 5.95. The Morgan fingerprint density at radius 3 is 2.87 bits per heavy atom. The van der Waals surface area contributed by atoms with Crippen LogP contribution in [0.25, 0.3) is 0 Å². The molecular weight excluding hydrogens is 413 g/mol. The Kier molecular flexibility index (Phi) is 5.38. The van der Waals surface area contributed by atoms with Crippen LogP contribution in [0.15, 0.2) is 48.2 Å². The van der Waals surface area contributed by atoms with Gasteiger partial charge in [-0.2, -0.15) is 0 Å². The van der Waals surface area contributed by atoms with Crippen LogP contribution in [-0.2, 0) is 16.7 Å². The van der Waals surface area contributed by atoms with Crippen molar-refractivity contribution in [3.63, 3.8) is 0 Å². The molecule has 3 atom stereocenters. The molecule has 4 rings (SSSR count). The summed E-state index contributed by atoms with van der Waals surface area (Å²) < 4.78 is 53.5. The van der Waals surface area contributed by atoms with Gasteiger partial charge in [-0.05, 0) is 24.1 Å². The lowest BCUT2D eigenvalue weighted by molar-refractivity contribution is 0.0176. The van der Waals surface area contributed by atoms with Gasteiger partial charge in [0.1, 0.15) is 24.2 Å². The summed E-state index contributed by atoms with van der Waals surface area (Å²) in [7, 11) is 0. The van der Waals surface area contributed by atoms with Crippen LogP contribution in [0.3, 0.4) is 0 Å². The van der Waals surface area contributed by atoms with E-state index in [1.807, 2.05) is 0 Å². The molecule has 0 unspecified atom stereocenters. The van der Waals surface area contributed by atoms with E-state index in [4.69, 9.17) is 15.2 Å². The van der Waals surface area contributed by atoms with Crippen LogP contribution in [0.5, 0.6) is 5.88 Å². The Balaban J connectivity index is 1.60. The van der Waals surface area contributed by atoms with Crippen molar-refractivity contribution in [3.05, 3.63) is 65.9 Å². The van der Waals surface area contributed by atoms with Crippen molar-refractivity contribution < 1.29 is 27.4 Å². The first kappa shape index (κ1) is 20.8. The quantitative estimate of drug-likeness (QED) is 0.509. The van der Waals surface area contributed by atoms with E-state index in [-0.39, 0.29) is 30.2 Å². The molecule has 10 heteroatoms. The molecule has 7 nitrogen and oxygen atoms in total. The van der Waals surface area contributed by atoms with Crippen LogP contribution in [0.1, 0.15) is 28.0 Å². The molecule has 1 saturated carbocycles. The van der Waals surface area contributed by atoms with E-state index >= 15 is 0 Å². The van der Waals surface area contributed by atoms with Crippen molar-refractivity contribution in [2.75, 3.05) is 6.61 Å². The van der Waals surface area contributed by atoms with Gasteiger partial charge in [-0.15, -0.1) is 0 Å². The average molecular weight is 432 g/mol. The number of aromatic nitrogens is 2. The molecule has 0 amide bonds. The Bertz CT molecular complexity index is 1040. The highest BCUT2D eigenvalue weighted by atomic mass is 19.3. The number of alkyl halides is 2. The zero-order valence-corrected chi connectivity index (χ0v) is 16.3. The van der Waals surface area contributed by atoms with Crippen LogP contribution >= 0.6 is 0 Å². The topological polar surface area (TPSA) is 99.7 Å². The molecule has 2 aliphatic rings. The predicted molar refractivity (Wildman–Crippen MR) is 104 cm³/mol. The second-order valence-electron chi connectivity index (χ2n) is 7.33. The van der Waals surface area contributed by atoms with Crippen molar-refractivity contribution in [3.8, 4) is 5.88 Å². The van der Waals surface area contributed by atoms with Crippen LogP contribution in [0.2, 0.25) is 0 Å². The van der Waals surface area contributed by atoms with E-state index in [9.17, 15) is 18.0 Å². The van der Waals surface area contributed by atoms with Gasteiger partial charge in [0.15, 0.2) is 11.3 Å². The van der Waals surface area contributed by atoms with E-state index in [1.165, 1.54) is 24.5 Å². The number of rotatable bonds is 8. The third-order valence-corrected chi connectivity index (χ3v) is 5.29. The number of benzene rings is 1. The summed E-state index contributed by atoms with van der Waals surface area (Å²) in [5.74, 6) is -1.71. The zero-order chi connectivity index (χ0) is 22.2. The largest absolute Gasteiger partial charge is 0.472 e. The molecule has 0 saturated heterocycles. The minimum atomic E-state index is -3.00. The normalized spacial score (nSPS) is 24.1. The maximum Gasteiger partial charge on any atom is 0.283 e. The van der Waals surface area contributed by atoms with Crippen LogP contribution in [0, 0.1) is 11.7 Å². The molecule has 0 spiro atoms. The van der Waals surface area contributed by atoms with Gasteiger partial charge in [-0.25, -0.2) is 28.1 Å². The second-order valence-corrected chi connectivity index (χ2v) is 7.33. The maximum absolute atomic E-state index is 14.7. The van der Waals surface area contributed by atoms with Crippen molar-refractivity contribution in [1.29, 1.82) is 0 Å². The molecular formula is C21H19F3N4O3. The van der Waals surface area contributed by atoms with Gasteiger partial charge in [0, 0.05) is 17.9 Å². The number of hydrogen-bond donors (Lipinski definition) is 1. The van der Waals surface area contributed by atoms with Crippen LogP contribution < -0.4 is 10.5 Å². The summed E-state index contributed by atoms with van der Waals surface area (Å²) in [4.78, 5) is 24.4. The maximum atomic E-state index is 14.7. The average Bonchev–Trinajstić information content (AvgIpc) is 3.53. The van der Waals surface area contributed by atoms with Gasteiger partial charge in [0.2, 0.25) is 5.88 Å². The van der Waals surface area contributed by atoms with Crippen molar-refractivity contribution in [2.24, 2.45) is 16.6 Å². The number of nitrogens with two attached hydrogens (primary N) is 1.